The van der Waals surface area contributed by atoms with Gasteiger partial charge in [-0.1, -0.05) is 224 Å². The fraction of sp³-hybridized carbons (Fsp3) is 0. The number of benzene rings is 11. The smallest absolute Gasteiger partial charge is 0.0546 e. The van der Waals surface area contributed by atoms with Crippen molar-refractivity contribution in [2.24, 2.45) is 0 Å². The van der Waals surface area contributed by atoms with E-state index < -0.39 is 0 Å². The third-order valence-corrected chi connectivity index (χ3v) is 12.3. The van der Waals surface area contributed by atoms with Gasteiger partial charge in [-0.25, -0.2) is 0 Å². The van der Waals surface area contributed by atoms with Gasteiger partial charge in [0.1, 0.15) is 0 Å². The van der Waals surface area contributed by atoms with Crippen LogP contribution in [-0.2, 0) is 0 Å². The second-order valence-corrected chi connectivity index (χ2v) is 16.1. The molecule has 296 valence electrons. The maximum atomic E-state index is 2.43. The molecule has 11 aromatic rings. The minimum absolute atomic E-state index is 1.08. The molecule has 63 heavy (non-hydrogen) atoms. The van der Waals surface area contributed by atoms with Crippen LogP contribution in [0.2, 0.25) is 0 Å². The molecular formula is C62H43N. The third-order valence-electron chi connectivity index (χ3n) is 12.3. The van der Waals surface area contributed by atoms with Crippen molar-refractivity contribution in [3.05, 3.63) is 261 Å². The van der Waals surface area contributed by atoms with Crippen LogP contribution in [-0.4, -0.2) is 0 Å². The Morgan fingerprint density at radius 1 is 0.206 bits per heavy atom. The molecular weight excluding hydrogens is 759 g/mol. The fourth-order valence-corrected chi connectivity index (χ4v) is 9.08. The molecule has 0 fully saturated rings. The van der Waals surface area contributed by atoms with Crippen LogP contribution < -0.4 is 4.90 Å². The molecule has 0 atom stereocenters. The predicted molar refractivity (Wildman–Crippen MR) is 269 cm³/mol. The third kappa shape index (κ3) is 7.47. The highest BCUT2D eigenvalue weighted by atomic mass is 15.1. The molecule has 0 aliphatic rings. The van der Waals surface area contributed by atoms with E-state index in [2.05, 4.69) is 266 Å². The molecule has 0 spiro atoms. The number of hydrogen-bond donors (Lipinski definition) is 0. The van der Waals surface area contributed by atoms with Gasteiger partial charge in [0.15, 0.2) is 0 Å². The lowest BCUT2D eigenvalue weighted by Gasteiger charge is -2.29. The Labute approximate surface area is 369 Å². The average molecular weight is 802 g/mol. The van der Waals surface area contributed by atoms with Crippen LogP contribution in [0.3, 0.4) is 0 Å². The molecule has 0 aromatic heterocycles. The monoisotopic (exact) mass is 801 g/mol. The Morgan fingerprint density at radius 2 is 0.571 bits per heavy atom. The minimum Gasteiger partial charge on any atom is -0.310 e. The van der Waals surface area contributed by atoms with Crippen molar-refractivity contribution in [3.8, 4) is 66.8 Å². The molecule has 0 saturated heterocycles. The summed E-state index contributed by atoms with van der Waals surface area (Å²) in [7, 11) is 0. The van der Waals surface area contributed by atoms with Crippen molar-refractivity contribution in [1.29, 1.82) is 0 Å². The minimum atomic E-state index is 1.08. The standard InChI is InChI=1S/C62H43N/c1-3-14-44(15-4-1)52-22-11-23-53(42-52)47-34-39-56(40-35-47)63(55-37-32-46(33-38-55)45-28-30-51(31-29-45)59-26-12-20-48-18-7-9-24-57(48)59)62-43-54(36-41-61(62)50-16-5-2-6-17-50)60-27-13-21-49-19-8-10-25-58(49)60/h1-43H. The van der Waals surface area contributed by atoms with E-state index in [0.717, 1.165) is 22.6 Å². The van der Waals surface area contributed by atoms with Crippen LogP contribution in [0.4, 0.5) is 17.1 Å². The van der Waals surface area contributed by atoms with E-state index >= 15 is 0 Å². The van der Waals surface area contributed by atoms with E-state index in [0.29, 0.717) is 0 Å². The Balaban J connectivity index is 1.03. The number of fused-ring (bicyclic) bond motifs is 2. The molecule has 0 aliphatic carbocycles. The molecule has 1 nitrogen and oxygen atoms in total. The van der Waals surface area contributed by atoms with E-state index in [-0.39, 0.29) is 0 Å². The summed E-state index contributed by atoms with van der Waals surface area (Å²) < 4.78 is 0. The first-order valence-corrected chi connectivity index (χ1v) is 21.7. The Hall–Kier alpha value is -8.26. The summed E-state index contributed by atoms with van der Waals surface area (Å²) in [5.74, 6) is 0. The van der Waals surface area contributed by atoms with Gasteiger partial charge in [-0.2, -0.15) is 0 Å². The number of anilines is 3. The lowest BCUT2D eigenvalue weighted by atomic mass is 9.93. The second kappa shape index (κ2) is 16.7. The van der Waals surface area contributed by atoms with Crippen molar-refractivity contribution in [1.82, 2.24) is 0 Å². The topological polar surface area (TPSA) is 3.24 Å². The Bertz CT molecular complexity index is 3340. The summed E-state index contributed by atoms with van der Waals surface area (Å²) in [6.07, 6.45) is 0. The number of hydrogen-bond acceptors (Lipinski definition) is 1. The summed E-state index contributed by atoms with van der Waals surface area (Å²) in [6.45, 7) is 0. The quantitative estimate of drug-likeness (QED) is 0.141. The highest BCUT2D eigenvalue weighted by Gasteiger charge is 2.20. The normalized spacial score (nSPS) is 11.2. The molecule has 11 aromatic carbocycles. The second-order valence-electron chi connectivity index (χ2n) is 16.1. The number of nitrogens with zero attached hydrogens (tertiary/aromatic N) is 1. The van der Waals surface area contributed by atoms with E-state index in [1.165, 1.54) is 82.7 Å². The van der Waals surface area contributed by atoms with E-state index in [4.69, 9.17) is 0 Å². The summed E-state index contributed by atoms with van der Waals surface area (Å²) in [4.78, 5) is 2.43. The van der Waals surface area contributed by atoms with E-state index in [1.54, 1.807) is 0 Å². The van der Waals surface area contributed by atoms with E-state index in [9.17, 15) is 0 Å². The number of rotatable bonds is 9. The van der Waals surface area contributed by atoms with Gasteiger partial charge in [0, 0.05) is 16.9 Å². The summed E-state index contributed by atoms with van der Waals surface area (Å²) in [5.41, 5.74) is 17.6. The fourth-order valence-electron chi connectivity index (χ4n) is 9.08. The molecule has 0 amide bonds. The van der Waals surface area contributed by atoms with Gasteiger partial charge < -0.3 is 4.90 Å². The van der Waals surface area contributed by atoms with Gasteiger partial charge >= 0.3 is 0 Å². The van der Waals surface area contributed by atoms with Crippen LogP contribution in [0.15, 0.2) is 261 Å². The molecule has 0 aliphatic heterocycles. The molecule has 0 saturated carbocycles. The maximum Gasteiger partial charge on any atom is 0.0546 e. The zero-order valence-corrected chi connectivity index (χ0v) is 34.8. The summed E-state index contributed by atoms with van der Waals surface area (Å²) in [5, 5.41) is 4.99. The van der Waals surface area contributed by atoms with Crippen LogP contribution in [0, 0.1) is 0 Å². The van der Waals surface area contributed by atoms with Crippen molar-refractivity contribution in [3.63, 3.8) is 0 Å². The van der Waals surface area contributed by atoms with Gasteiger partial charge in [-0.05, 0) is 119 Å². The molecule has 0 N–H and O–H groups in total. The van der Waals surface area contributed by atoms with Gasteiger partial charge in [0.05, 0.1) is 5.69 Å². The van der Waals surface area contributed by atoms with Gasteiger partial charge in [-0.3, -0.25) is 0 Å². The van der Waals surface area contributed by atoms with Gasteiger partial charge in [-0.15, -0.1) is 0 Å². The SMILES string of the molecule is c1ccc(-c2cccc(-c3ccc(N(c4ccc(-c5ccc(-c6cccc7ccccc67)cc5)cc4)c4cc(-c5cccc6ccccc56)ccc4-c4ccccc4)cc3)c2)cc1. The Morgan fingerprint density at radius 3 is 1.14 bits per heavy atom. The Kier molecular flexibility index (Phi) is 9.97. The van der Waals surface area contributed by atoms with Crippen molar-refractivity contribution < 1.29 is 0 Å². The van der Waals surface area contributed by atoms with Crippen molar-refractivity contribution in [2.75, 3.05) is 4.90 Å². The highest BCUT2D eigenvalue weighted by molar-refractivity contribution is 6.00. The van der Waals surface area contributed by atoms with Crippen molar-refractivity contribution in [2.45, 2.75) is 0 Å². The lowest BCUT2D eigenvalue weighted by molar-refractivity contribution is 1.28. The first-order chi connectivity index (χ1) is 31.2. The van der Waals surface area contributed by atoms with Crippen molar-refractivity contribution >= 4 is 38.6 Å². The predicted octanol–water partition coefficient (Wildman–Crippen LogP) is 17.5. The first-order valence-electron chi connectivity index (χ1n) is 21.7. The summed E-state index contributed by atoms with van der Waals surface area (Å²) in [6, 6.07) is 94.7. The van der Waals surface area contributed by atoms with Crippen LogP contribution in [0.25, 0.3) is 88.3 Å². The van der Waals surface area contributed by atoms with Crippen LogP contribution in [0.5, 0.6) is 0 Å². The van der Waals surface area contributed by atoms with E-state index in [1.807, 2.05) is 0 Å². The molecule has 0 bridgehead atoms. The molecule has 0 radical (unpaired) electrons. The lowest BCUT2D eigenvalue weighted by Crippen LogP contribution is -2.11. The molecule has 11 rings (SSSR count). The van der Waals surface area contributed by atoms with Crippen LogP contribution >= 0.6 is 0 Å². The molecule has 1 heteroatoms. The average Bonchev–Trinajstić information content (AvgIpc) is 3.37. The largest absolute Gasteiger partial charge is 0.310 e. The van der Waals surface area contributed by atoms with Crippen LogP contribution in [0.1, 0.15) is 0 Å². The maximum absolute atomic E-state index is 2.43. The summed E-state index contributed by atoms with van der Waals surface area (Å²) >= 11 is 0. The first kappa shape index (κ1) is 37.7. The zero-order chi connectivity index (χ0) is 42.0. The molecule has 0 unspecified atom stereocenters. The van der Waals surface area contributed by atoms with Gasteiger partial charge in [0.25, 0.3) is 0 Å². The molecule has 0 heterocycles. The zero-order valence-electron chi connectivity index (χ0n) is 34.8. The van der Waals surface area contributed by atoms with Gasteiger partial charge in [0.2, 0.25) is 0 Å². The highest BCUT2D eigenvalue weighted by Crippen LogP contribution is 2.45.